The van der Waals surface area contributed by atoms with E-state index in [-0.39, 0.29) is 4.90 Å². The molecule has 0 unspecified atom stereocenters. The van der Waals surface area contributed by atoms with Crippen LogP contribution in [0.5, 0.6) is 0 Å². The second kappa shape index (κ2) is 4.31. The molecule has 0 amide bonds. The lowest BCUT2D eigenvalue weighted by molar-refractivity contribution is 0.521. The number of hydrogen-bond donors (Lipinski definition) is 1. The maximum Gasteiger partial charge on any atom is 0.244 e. The Morgan fingerprint density at radius 3 is 2.12 bits per heavy atom. The summed E-state index contributed by atoms with van der Waals surface area (Å²) in [5.41, 5.74) is 6.78. The van der Waals surface area contributed by atoms with E-state index in [0.717, 1.165) is 0 Å². The molecule has 6 heteroatoms. The zero-order valence-corrected chi connectivity index (χ0v) is 10.7. The summed E-state index contributed by atoms with van der Waals surface area (Å²) in [6.45, 7) is 0. The Balaban J connectivity index is 3.46. The standard InChI is InChI=1S/C10H17N3O2S/c1-12(2)9-7-8(11)5-6-10(9)16(14,15)13(3)4/h5-7H,11H2,1-4H3. The lowest BCUT2D eigenvalue weighted by Gasteiger charge is -2.20. The average Bonchev–Trinajstić information content (AvgIpc) is 2.16. The summed E-state index contributed by atoms with van der Waals surface area (Å²) in [6, 6.07) is 4.76. The third-order valence-electron chi connectivity index (χ3n) is 2.22. The molecule has 0 aliphatic carbocycles. The van der Waals surface area contributed by atoms with E-state index in [0.29, 0.717) is 11.4 Å². The number of nitrogens with two attached hydrogens (primary N) is 1. The normalized spacial score (nSPS) is 11.8. The second-order valence-electron chi connectivity index (χ2n) is 3.91. The van der Waals surface area contributed by atoms with Crippen LogP contribution in [0, 0.1) is 0 Å². The maximum absolute atomic E-state index is 12.0. The number of rotatable bonds is 3. The number of hydrogen-bond acceptors (Lipinski definition) is 4. The minimum Gasteiger partial charge on any atom is -0.399 e. The maximum atomic E-state index is 12.0. The Kier molecular flexibility index (Phi) is 3.44. The largest absolute Gasteiger partial charge is 0.399 e. The monoisotopic (exact) mass is 243 g/mol. The molecule has 1 rings (SSSR count). The van der Waals surface area contributed by atoms with Crippen LogP contribution < -0.4 is 10.6 Å². The fourth-order valence-corrected chi connectivity index (χ4v) is 2.44. The summed E-state index contributed by atoms with van der Waals surface area (Å²) in [4.78, 5) is 1.99. The predicted molar refractivity (Wildman–Crippen MR) is 66.1 cm³/mol. The minimum absolute atomic E-state index is 0.261. The summed E-state index contributed by atoms with van der Waals surface area (Å²) in [6.07, 6.45) is 0. The molecule has 1 aromatic carbocycles. The second-order valence-corrected chi connectivity index (χ2v) is 6.03. The molecule has 0 atom stereocenters. The number of benzene rings is 1. The summed E-state index contributed by atoms with van der Waals surface area (Å²) in [7, 11) is 3.14. The van der Waals surface area contributed by atoms with Gasteiger partial charge in [-0.2, -0.15) is 0 Å². The highest BCUT2D eigenvalue weighted by Gasteiger charge is 2.22. The third kappa shape index (κ3) is 2.28. The Bertz CT molecular complexity index is 481. The zero-order valence-electron chi connectivity index (χ0n) is 9.93. The molecular weight excluding hydrogens is 226 g/mol. The molecule has 1 aromatic rings. The van der Waals surface area contributed by atoms with E-state index in [1.54, 1.807) is 31.1 Å². The number of nitrogens with zero attached hydrogens (tertiary/aromatic N) is 2. The van der Waals surface area contributed by atoms with E-state index >= 15 is 0 Å². The van der Waals surface area contributed by atoms with E-state index in [2.05, 4.69) is 0 Å². The molecule has 0 spiro atoms. The van der Waals surface area contributed by atoms with Crippen molar-refractivity contribution in [1.82, 2.24) is 4.31 Å². The molecule has 5 nitrogen and oxygen atoms in total. The van der Waals surface area contributed by atoms with Crippen molar-refractivity contribution in [2.45, 2.75) is 4.90 Å². The van der Waals surface area contributed by atoms with Gasteiger partial charge in [-0.3, -0.25) is 0 Å². The van der Waals surface area contributed by atoms with Crippen LogP contribution in [0.25, 0.3) is 0 Å². The van der Waals surface area contributed by atoms with Gasteiger partial charge in [-0.05, 0) is 18.2 Å². The highest BCUT2D eigenvalue weighted by molar-refractivity contribution is 7.89. The van der Waals surface area contributed by atoms with Gasteiger partial charge in [-0.15, -0.1) is 0 Å². The van der Waals surface area contributed by atoms with Crippen LogP contribution in [0.2, 0.25) is 0 Å². The SMILES string of the molecule is CN(C)c1cc(N)ccc1S(=O)(=O)N(C)C. The molecule has 90 valence electrons. The number of nitrogen functional groups attached to an aromatic ring is 1. The van der Waals surface area contributed by atoms with E-state index in [1.165, 1.54) is 24.5 Å². The first-order chi connectivity index (χ1) is 7.26. The van der Waals surface area contributed by atoms with E-state index < -0.39 is 10.0 Å². The highest BCUT2D eigenvalue weighted by atomic mass is 32.2. The third-order valence-corrected chi connectivity index (χ3v) is 4.09. The summed E-state index contributed by atoms with van der Waals surface area (Å²) < 4.78 is 25.2. The molecule has 0 bridgehead atoms. The Morgan fingerprint density at radius 2 is 1.69 bits per heavy atom. The van der Waals surface area contributed by atoms with Gasteiger partial charge in [0.25, 0.3) is 0 Å². The Hall–Kier alpha value is -1.27. The van der Waals surface area contributed by atoms with Gasteiger partial charge < -0.3 is 10.6 Å². The lowest BCUT2D eigenvalue weighted by atomic mass is 10.2. The zero-order chi connectivity index (χ0) is 12.5. The van der Waals surface area contributed by atoms with Gasteiger partial charge in [-0.25, -0.2) is 12.7 Å². The quantitative estimate of drug-likeness (QED) is 0.789. The smallest absolute Gasteiger partial charge is 0.244 e. The van der Waals surface area contributed by atoms with Crippen LogP contribution in [0.15, 0.2) is 23.1 Å². The molecule has 0 aliphatic heterocycles. The number of sulfonamides is 1. The average molecular weight is 243 g/mol. The summed E-state index contributed by atoms with van der Waals surface area (Å²) in [5.74, 6) is 0. The Morgan fingerprint density at radius 1 is 1.12 bits per heavy atom. The predicted octanol–water partition coefficient (Wildman–Crippen LogP) is 0.585. The van der Waals surface area contributed by atoms with Gasteiger partial charge in [-0.1, -0.05) is 0 Å². The van der Waals surface area contributed by atoms with Crippen LogP contribution in [-0.4, -0.2) is 40.9 Å². The van der Waals surface area contributed by atoms with Gasteiger partial charge in [0.05, 0.1) is 5.69 Å². The van der Waals surface area contributed by atoms with Gasteiger partial charge in [0.2, 0.25) is 10.0 Å². The van der Waals surface area contributed by atoms with Crippen molar-refractivity contribution in [3.8, 4) is 0 Å². The van der Waals surface area contributed by atoms with Gasteiger partial charge in [0.15, 0.2) is 0 Å². The lowest BCUT2D eigenvalue weighted by Crippen LogP contribution is -2.24. The molecule has 2 N–H and O–H groups in total. The molecule has 0 aromatic heterocycles. The molecule has 0 heterocycles. The van der Waals surface area contributed by atoms with Crippen LogP contribution in [-0.2, 0) is 10.0 Å². The van der Waals surface area contributed by atoms with Crippen molar-refractivity contribution in [3.05, 3.63) is 18.2 Å². The Labute approximate surface area is 96.5 Å². The fourth-order valence-electron chi connectivity index (χ4n) is 1.30. The van der Waals surface area contributed by atoms with Gasteiger partial charge >= 0.3 is 0 Å². The molecule has 0 saturated carbocycles. The van der Waals surface area contributed by atoms with E-state index in [1.807, 2.05) is 0 Å². The fraction of sp³-hybridized carbons (Fsp3) is 0.400. The molecule has 0 aliphatic rings. The molecular formula is C10H17N3O2S. The first-order valence-electron chi connectivity index (χ1n) is 4.76. The number of anilines is 2. The van der Waals surface area contributed by atoms with Gasteiger partial charge in [0, 0.05) is 33.9 Å². The molecule has 0 radical (unpaired) electrons. The molecule has 0 saturated heterocycles. The van der Waals surface area contributed by atoms with Crippen molar-refractivity contribution >= 4 is 21.4 Å². The van der Waals surface area contributed by atoms with Crippen molar-refractivity contribution < 1.29 is 8.42 Å². The summed E-state index contributed by atoms with van der Waals surface area (Å²) >= 11 is 0. The van der Waals surface area contributed by atoms with Crippen molar-refractivity contribution in [2.75, 3.05) is 38.8 Å². The van der Waals surface area contributed by atoms with Crippen LogP contribution in [0.3, 0.4) is 0 Å². The van der Waals surface area contributed by atoms with Crippen molar-refractivity contribution in [2.24, 2.45) is 0 Å². The van der Waals surface area contributed by atoms with Crippen LogP contribution in [0.4, 0.5) is 11.4 Å². The molecule has 16 heavy (non-hydrogen) atoms. The van der Waals surface area contributed by atoms with Crippen LogP contribution >= 0.6 is 0 Å². The van der Waals surface area contributed by atoms with E-state index in [4.69, 9.17) is 5.73 Å². The topological polar surface area (TPSA) is 66.6 Å². The molecule has 0 fully saturated rings. The van der Waals surface area contributed by atoms with Crippen LogP contribution in [0.1, 0.15) is 0 Å². The van der Waals surface area contributed by atoms with Crippen molar-refractivity contribution in [1.29, 1.82) is 0 Å². The van der Waals surface area contributed by atoms with Crippen molar-refractivity contribution in [3.63, 3.8) is 0 Å². The first-order valence-corrected chi connectivity index (χ1v) is 6.20. The van der Waals surface area contributed by atoms with Gasteiger partial charge in [0.1, 0.15) is 4.90 Å². The van der Waals surface area contributed by atoms with E-state index in [9.17, 15) is 8.42 Å². The summed E-state index contributed by atoms with van der Waals surface area (Å²) in [5, 5.41) is 0. The highest BCUT2D eigenvalue weighted by Crippen LogP contribution is 2.27. The first kappa shape index (κ1) is 12.8. The minimum atomic E-state index is -3.43.